The van der Waals surface area contributed by atoms with E-state index in [-0.39, 0.29) is 12.5 Å². The average Bonchev–Trinajstić information content (AvgIpc) is 2.23. The Hall–Kier alpha value is -0.930. The SMILES string of the molecule is CC(C)N(CCC(=O)O)c1cccc(Cl)c1Cl. The van der Waals surface area contributed by atoms with Gasteiger partial charge in [0.25, 0.3) is 0 Å². The third-order valence-corrected chi connectivity index (χ3v) is 3.24. The van der Waals surface area contributed by atoms with Crippen LogP contribution in [0.5, 0.6) is 0 Å². The Bertz CT molecular complexity index is 407. The number of carbonyl (C=O) groups is 1. The van der Waals surface area contributed by atoms with Crippen molar-refractivity contribution in [2.75, 3.05) is 11.4 Å². The standard InChI is InChI=1S/C12H15Cl2NO2/c1-8(2)15(7-6-11(16)17)10-5-3-4-9(13)12(10)14/h3-5,8H,6-7H2,1-2H3,(H,16,17). The fourth-order valence-electron chi connectivity index (χ4n) is 1.59. The highest BCUT2D eigenvalue weighted by Gasteiger charge is 2.16. The molecule has 0 aliphatic rings. The number of rotatable bonds is 5. The molecule has 0 amide bonds. The lowest BCUT2D eigenvalue weighted by Crippen LogP contribution is -2.33. The number of carboxylic acids is 1. The Morgan fingerprint density at radius 3 is 2.59 bits per heavy atom. The highest BCUT2D eigenvalue weighted by Crippen LogP contribution is 2.33. The van der Waals surface area contributed by atoms with E-state index >= 15 is 0 Å². The van der Waals surface area contributed by atoms with Crippen molar-refractivity contribution in [3.63, 3.8) is 0 Å². The monoisotopic (exact) mass is 275 g/mol. The predicted octanol–water partition coefficient (Wildman–Crippen LogP) is 3.68. The van der Waals surface area contributed by atoms with E-state index in [4.69, 9.17) is 28.3 Å². The molecule has 0 spiro atoms. The first kappa shape index (κ1) is 14.1. The lowest BCUT2D eigenvalue weighted by Gasteiger charge is -2.29. The Morgan fingerprint density at radius 1 is 1.41 bits per heavy atom. The van der Waals surface area contributed by atoms with E-state index in [9.17, 15) is 4.79 Å². The van der Waals surface area contributed by atoms with Crippen LogP contribution in [0.3, 0.4) is 0 Å². The Balaban J connectivity index is 2.97. The summed E-state index contributed by atoms with van der Waals surface area (Å²) in [6.07, 6.45) is 0.0705. The van der Waals surface area contributed by atoms with Crippen molar-refractivity contribution in [2.45, 2.75) is 26.3 Å². The van der Waals surface area contributed by atoms with Gasteiger partial charge in [-0.15, -0.1) is 0 Å². The molecule has 1 aromatic rings. The van der Waals surface area contributed by atoms with Gasteiger partial charge < -0.3 is 10.0 Å². The summed E-state index contributed by atoms with van der Waals surface area (Å²) < 4.78 is 0. The fraction of sp³-hybridized carbons (Fsp3) is 0.417. The quantitative estimate of drug-likeness (QED) is 0.891. The van der Waals surface area contributed by atoms with Crippen LogP contribution in [0.2, 0.25) is 10.0 Å². The summed E-state index contributed by atoms with van der Waals surface area (Å²) in [4.78, 5) is 12.6. The molecule has 0 fully saturated rings. The van der Waals surface area contributed by atoms with Crippen molar-refractivity contribution in [2.24, 2.45) is 0 Å². The van der Waals surface area contributed by atoms with Gasteiger partial charge in [0.15, 0.2) is 0 Å². The Labute approximate surface area is 111 Å². The highest BCUT2D eigenvalue weighted by molar-refractivity contribution is 6.43. The fourth-order valence-corrected chi connectivity index (χ4v) is 1.99. The van der Waals surface area contributed by atoms with Gasteiger partial charge in [-0.2, -0.15) is 0 Å². The molecule has 0 bridgehead atoms. The van der Waals surface area contributed by atoms with Gasteiger partial charge in [0.05, 0.1) is 22.2 Å². The number of aliphatic carboxylic acids is 1. The molecule has 1 rings (SSSR count). The first-order valence-corrected chi connectivity index (χ1v) is 6.11. The molecule has 0 radical (unpaired) electrons. The van der Waals surface area contributed by atoms with Gasteiger partial charge in [0, 0.05) is 12.6 Å². The first-order valence-electron chi connectivity index (χ1n) is 5.36. The second-order valence-electron chi connectivity index (χ2n) is 4.00. The number of carboxylic acid groups (broad SMARTS) is 1. The van der Waals surface area contributed by atoms with Crippen molar-refractivity contribution in [3.05, 3.63) is 28.2 Å². The van der Waals surface area contributed by atoms with E-state index in [0.717, 1.165) is 5.69 Å². The van der Waals surface area contributed by atoms with E-state index in [0.29, 0.717) is 16.6 Å². The molecule has 0 saturated carbocycles. The summed E-state index contributed by atoms with van der Waals surface area (Å²) >= 11 is 12.1. The van der Waals surface area contributed by atoms with Crippen LogP contribution in [0, 0.1) is 0 Å². The summed E-state index contributed by atoms with van der Waals surface area (Å²) in [6, 6.07) is 5.52. The van der Waals surface area contributed by atoms with E-state index in [1.165, 1.54) is 0 Å². The van der Waals surface area contributed by atoms with E-state index in [2.05, 4.69) is 0 Å². The molecule has 0 aromatic heterocycles. The number of hydrogen-bond acceptors (Lipinski definition) is 2. The van der Waals surface area contributed by atoms with Crippen LogP contribution < -0.4 is 4.90 Å². The number of benzene rings is 1. The lowest BCUT2D eigenvalue weighted by atomic mass is 10.2. The maximum atomic E-state index is 10.6. The van der Waals surface area contributed by atoms with E-state index in [1.807, 2.05) is 24.8 Å². The minimum Gasteiger partial charge on any atom is -0.481 e. The second kappa shape index (κ2) is 6.12. The number of halogens is 2. The zero-order valence-corrected chi connectivity index (χ0v) is 11.3. The maximum Gasteiger partial charge on any atom is 0.305 e. The van der Waals surface area contributed by atoms with Crippen LogP contribution in [0.4, 0.5) is 5.69 Å². The molecule has 0 saturated heterocycles. The molecule has 1 N–H and O–H groups in total. The van der Waals surface area contributed by atoms with Crippen LogP contribution in [-0.4, -0.2) is 23.7 Å². The summed E-state index contributed by atoms with van der Waals surface area (Å²) in [5, 5.41) is 9.67. The van der Waals surface area contributed by atoms with Gasteiger partial charge in [-0.25, -0.2) is 0 Å². The van der Waals surface area contributed by atoms with Gasteiger partial charge in [0.1, 0.15) is 0 Å². The normalized spacial score (nSPS) is 10.6. The molecule has 0 unspecified atom stereocenters. The minimum atomic E-state index is -0.825. The van der Waals surface area contributed by atoms with Gasteiger partial charge in [-0.3, -0.25) is 4.79 Å². The molecule has 0 heterocycles. The summed E-state index contributed by atoms with van der Waals surface area (Å²) in [6.45, 7) is 4.38. The number of hydrogen-bond donors (Lipinski definition) is 1. The van der Waals surface area contributed by atoms with Crippen molar-refractivity contribution in [1.29, 1.82) is 0 Å². The Kier molecular flexibility index (Phi) is 5.09. The molecule has 5 heteroatoms. The zero-order valence-electron chi connectivity index (χ0n) is 9.78. The van der Waals surface area contributed by atoms with Crippen LogP contribution in [0.25, 0.3) is 0 Å². The summed E-state index contributed by atoms with van der Waals surface area (Å²) in [5.74, 6) is -0.825. The van der Waals surface area contributed by atoms with Gasteiger partial charge in [0.2, 0.25) is 0 Å². The van der Waals surface area contributed by atoms with Crippen molar-refractivity contribution in [3.8, 4) is 0 Å². The molecule has 0 atom stereocenters. The van der Waals surface area contributed by atoms with Crippen molar-refractivity contribution in [1.82, 2.24) is 0 Å². The molecular formula is C12H15Cl2NO2. The second-order valence-corrected chi connectivity index (χ2v) is 4.79. The van der Waals surface area contributed by atoms with Crippen molar-refractivity contribution >= 4 is 34.9 Å². The number of anilines is 1. The smallest absolute Gasteiger partial charge is 0.305 e. The molecule has 0 aliphatic carbocycles. The third-order valence-electron chi connectivity index (χ3n) is 2.43. The van der Waals surface area contributed by atoms with Gasteiger partial charge in [-0.05, 0) is 26.0 Å². The summed E-state index contributed by atoms with van der Waals surface area (Å²) in [5.41, 5.74) is 0.774. The van der Waals surface area contributed by atoms with Crippen LogP contribution in [0.1, 0.15) is 20.3 Å². The third kappa shape index (κ3) is 3.79. The topological polar surface area (TPSA) is 40.5 Å². The van der Waals surface area contributed by atoms with E-state index in [1.54, 1.807) is 12.1 Å². The van der Waals surface area contributed by atoms with Crippen LogP contribution in [0.15, 0.2) is 18.2 Å². The molecule has 17 heavy (non-hydrogen) atoms. The van der Waals surface area contributed by atoms with E-state index < -0.39 is 5.97 Å². The molecule has 3 nitrogen and oxygen atoms in total. The van der Waals surface area contributed by atoms with Crippen molar-refractivity contribution < 1.29 is 9.90 Å². The van der Waals surface area contributed by atoms with Crippen LogP contribution >= 0.6 is 23.2 Å². The van der Waals surface area contributed by atoms with Gasteiger partial charge in [-0.1, -0.05) is 29.3 Å². The van der Waals surface area contributed by atoms with Gasteiger partial charge >= 0.3 is 5.97 Å². The largest absolute Gasteiger partial charge is 0.481 e. The van der Waals surface area contributed by atoms with Crippen LogP contribution in [-0.2, 0) is 4.79 Å². The first-order chi connectivity index (χ1) is 7.93. The average molecular weight is 276 g/mol. The Morgan fingerprint density at radius 2 is 2.06 bits per heavy atom. The minimum absolute atomic E-state index is 0.0705. The molecule has 94 valence electrons. The number of nitrogens with zero attached hydrogens (tertiary/aromatic N) is 1. The maximum absolute atomic E-state index is 10.6. The zero-order chi connectivity index (χ0) is 13.0. The lowest BCUT2D eigenvalue weighted by molar-refractivity contribution is -0.136. The molecule has 1 aromatic carbocycles. The predicted molar refractivity (Wildman–Crippen MR) is 71.2 cm³/mol. The molecular weight excluding hydrogens is 261 g/mol. The highest BCUT2D eigenvalue weighted by atomic mass is 35.5. The summed E-state index contributed by atoms with van der Waals surface area (Å²) in [7, 11) is 0. The molecule has 0 aliphatic heterocycles.